The second-order valence-corrected chi connectivity index (χ2v) is 5.52. The van der Waals surface area contributed by atoms with Crippen LogP contribution in [0.15, 0.2) is 53.0 Å². The van der Waals surface area contributed by atoms with E-state index in [0.717, 1.165) is 23.2 Å². The first-order valence-corrected chi connectivity index (χ1v) is 7.22. The minimum absolute atomic E-state index is 0.910. The average Bonchev–Trinajstić information content (AvgIpc) is 2.41. The van der Waals surface area contributed by atoms with Gasteiger partial charge in [0, 0.05) is 36.0 Å². The molecule has 2 aromatic rings. The smallest absolute Gasteiger partial charge is 0.0485 e. The normalized spacial score (nSPS) is 10.3. The summed E-state index contributed by atoms with van der Waals surface area (Å²) in [6.07, 6.45) is 0. The summed E-state index contributed by atoms with van der Waals surface area (Å²) >= 11 is 3.54. The van der Waals surface area contributed by atoms with Crippen molar-refractivity contribution in [3.63, 3.8) is 0 Å². The Labute approximate surface area is 123 Å². The molecule has 0 saturated heterocycles. The Morgan fingerprint density at radius 3 is 2.42 bits per heavy atom. The third-order valence-electron chi connectivity index (χ3n) is 3.11. The van der Waals surface area contributed by atoms with Crippen LogP contribution in [0.3, 0.4) is 0 Å². The van der Waals surface area contributed by atoms with E-state index >= 15 is 0 Å². The lowest BCUT2D eigenvalue weighted by Gasteiger charge is -2.20. The van der Waals surface area contributed by atoms with E-state index in [-0.39, 0.29) is 0 Å². The maximum absolute atomic E-state index is 3.54. The number of anilines is 2. The number of likely N-dealkylation sites (N-methyl/N-ethyl adjacent to an activating group) is 1. The van der Waals surface area contributed by atoms with Crippen LogP contribution in [-0.2, 0) is 0 Å². The second-order valence-electron chi connectivity index (χ2n) is 4.66. The molecule has 0 spiro atoms. The third kappa shape index (κ3) is 4.00. The van der Waals surface area contributed by atoms with Crippen LogP contribution in [0.1, 0.15) is 5.56 Å². The predicted octanol–water partition coefficient (Wildman–Crippen LogP) is 4.31. The molecule has 0 heterocycles. The van der Waals surface area contributed by atoms with Crippen LogP contribution < -0.4 is 10.2 Å². The Morgan fingerprint density at radius 2 is 1.74 bits per heavy atom. The van der Waals surface area contributed by atoms with Gasteiger partial charge >= 0.3 is 0 Å². The lowest BCUT2D eigenvalue weighted by molar-refractivity contribution is 0.914. The van der Waals surface area contributed by atoms with Gasteiger partial charge in [0.1, 0.15) is 0 Å². The molecular formula is C16H19BrN2. The molecule has 0 saturated carbocycles. The highest BCUT2D eigenvalue weighted by atomic mass is 79.9. The fraction of sp³-hybridized carbons (Fsp3) is 0.250. The highest BCUT2D eigenvalue weighted by Gasteiger charge is 2.01. The van der Waals surface area contributed by atoms with Crippen molar-refractivity contribution in [1.29, 1.82) is 0 Å². The highest BCUT2D eigenvalue weighted by Crippen LogP contribution is 2.21. The van der Waals surface area contributed by atoms with Crippen molar-refractivity contribution in [2.45, 2.75) is 6.92 Å². The van der Waals surface area contributed by atoms with E-state index in [1.807, 2.05) is 18.2 Å². The van der Waals surface area contributed by atoms with Gasteiger partial charge in [0.05, 0.1) is 0 Å². The number of hydrogen-bond donors (Lipinski definition) is 1. The number of para-hydroxylation sites is 1. The number of hydrogen-bond acceptors (Lipinski definition) is 2. The first-order valence-electron chi connectivity index (χ1n) is 6.43. The van der Waals surface area contributed by atoms with E-state index in [0.29, 0.717) is 0 Å². The zero-order valence-electron chi connectivity index (χ0n) is 11.4. The summed E-state index contributed by atoms with van der Waals surface area (Å²) in [6.45, 7) is 3.98. The van der Waals surface area contributed by atoms with Crippen molar-refractivity contribution in [3.8, 4) is 0 Å². The Bertz CT molecular complexity index is 523. The van der Waals surface area contributed by atoms with E-state index in [4.69, 9.17) is 0 Å². The number of nitrogens with zero attached hydrogens (tertiary/aromatic N) is 1. The van der Waals surface area contributed by atoms with Crippen molar-refractivity contribution < 1.29 is 0 Å². The maximum atomic E-state index is 3.54. The molecule has 0 amide bonds. The molecule has 0 atom stereocenters. The SMILES string of the molecule is Cc1ccc(N(C)CCNc2ccccc2Br)cc1. The van der Waals surface area contributed by atoms with Gasteiger partial charge in [-0.25, -0.2) is 0 Å². The van der Waals surface area contributed by atoms with Gasteiger partial charge in [-0.3, -0.25) is 0 Å². The Morgan fingerprint density at radius 1 is 1.05 bits per heavy atom. The van der Waals surface area contributed by atoms with E-state index in [1.54, 1.807) is 0 Å². The Kier molecular flexibility index (Phi) is 4.86. The molecule has 2 rings (SSSR count). The summed E-state index contributed by atoms with van der Waals surface area (Å²) in [6, 6.07) is 16.8. The van der Waals surface area contributed by atoms with Gasteiger partial charge in [-0.05, 0) is 47.1 Å². The van der Waals surface area contributed by atoms with Crippen LogP contribution in [0.4, 0.5) is 11.4 Å². The fourth-order valence-corrected chi connectivity index (χ4v) is 2.32. The molecule has 0 aromatic heterocycles. The summed E-state index contributed by atoms with van der Waals surface area (Å²) in [5.41, 5.74) is 3.68. The number of nitrogens with one attached hydrogen (secondary N) is 1. The summed E-state index contributed by atoms with van der Waals surface area (Å²) in [5.74, 6) is 0. The van der Waals surface area contributed by atoms with Gasteiger partial charge < -0.3 is 10.2 Å². The minimum Gasteiger partial charge on any atom is -0.382 e. The Hall–Kier alpha value is -1.48. The lowest BCUT2D eigenvalue weighted by atomic mass is 10.2. The number of aryl methyl sites for hydroxylation is 1. The molecule has 100 valence electrons. The van der Waals surface area contributed by atoms with Crippen molar-refractivity contribution in [1.82, 2.24) is 0 Å². The largest absolute Gasteiger partial charge is 0.382 e. The minimum atomic E-state index is 0.910. The first-order chi connectivity index (χ1) is 9.16. The average molecular weight is 319 g/mol. The monoisotopic (exact) mass is 318 g/mol. The summed E-state index contributed by atoms with van der Waals surface area (Å²) in [5, 5.41) is 3.44. The second kappa shape index (κ2) is 6.62. The Balaban J connectivity index is 1.86. The number of rotatable bonds is 5. The molecule has 0 unspecified atom stereocenters. The van der Waals surface area contributed by atoms with Gasteiger partial charge in [0.25, 0.3) is 0 Å². The maximum Gasteiger partial charge on any atom is 0.0485 e. The van der Waals surface area contributed by atoms with Crippen LogP contribution in [0.5, 0.6) is 0 Å². The van der Waals surface area contributed by atoms with E-state index < -0.39 is 0 Å². The predicted molar refractivity (Wildman–Crippen MR) is 87.1 cm³/mol. The van der Waals surface area contributed by atoms with Crippen LogP contribution in [0, 0.1) is 6.92 Å². The quantitative estimate of drug-likeness (QED) is 0.883. The molecular weight excluding hydrogens is 300 g/mol. The summed E-state index contributed by atoms with van der Waals surface area (Å²) in [7, 11) is 2.12. The molecule has 0 aliphatic carbocycles. The van der Waals surface area contributed by atoms with Gasteiger partial charge in [0.2, 0.25) is 0 Å². The van der Waals surface area contributed by atoms with E-state index in [2.05, 4.69) is 70.4 Å². The lowest BCUT2D eigenvalue weighted by Crippen LogP contribution is -2.24. The molecule has 2 aromatic carbocycles. The third-order valence-corrected chi connectivity index (χ3v) is 3.80. The van der Waals surface area contributed by atoms with Gasteiger partial charge in [-0.1, -0.05) is 29.8 Å². The molecule has 0 fully saturated rings. The molecule has 2 nitrogen and oxygen atoms in total. The molecule has 0 aliphatic heterocycles. The molecule has 0 radical (unpaired) electrons. The zero-order valence-corrected chi connectivity index (χ0v) is 12.9. The fourth-order valence-electron chi connectivity index (χ4n) is 1.89. The van der Waals surface area contributed by atoms with Crippen LogP contribution in [0.25, 0.3) is 0 Å². The molecule has 19 heavy (non-hydrogen) atoms. The zero-order chi connectivity index (χ0) is 13.7. The molecule has 0 bridgehead atoms. The summed E-state index contributed by atoms with van der Waals surface area (Å²) in [4.78, 5) is 2.25. The van der Waals surface area contributed by atoms with Crippen LogP contribution >= 0.6 is 15.9 Å². The standard InChI is InChI=1S/C16H19BrN2/c1-13-7-9-14(10-8-13)19(2)12-11-18-16-6-4-3-5-15(16)17/h3-10,18H,11-12H2,1-2H3. The van der Waals surface area contributed by atoms with Gasteiger partial charge in [-0.15, -0.1) is 0 Å². The number of benzene rings is 2. The molecule has 3 heteroatoms. The van der Waals surface area contributed by atoms with Crippen LogP contribution in [0.2, 0.25) is 0 Å². The van der Waals surface area contributed by atoms with E-state index in [9.17, 15) is 0 Å². The highest BCUT2D eigenvalue weighted by molar-refractivity contribution is 9.10. The van der Waals surface area contributed by atoms with E-state index in [1.165, 1.54) is 11.3 Å². The van der Waals surface area contributed by atoms with Crippen LogP contribution in [-0.4, -0.2) is 20.1 Å². The molecule has 0 aliphatic rings. The van der Waals surface area contributed by atoms with Crippen molar-refractivity contribution >= 4 is 27.3 Å². The summed E-state index contributed by atoms with van der Waals surface area (Å²) < 4.78 is 1.10. The van der Waals surface area contributed by atoms with Gasteiger partial charge in [0.15, 0.2) is 0 Å². The van der Waals surface area contributed by atoms with Gasteiger partial charge in [-0.2, -0.15) is 0 Å². The number of halogens is 1. The van der Waals surface area contributed by atoms with Crippen molar-refractivity contribution in [2.75, 3.05) is 30.4 Å². The molecule has 1 N–H and O–H groups in total. The topological polar surface area (TPSA) is 15.3 Å². The van der Waals surface area contributed by atoms with Crippen molar-refractivity contribution in [3.05, 3.63) is 58.6 Å². The van der Waals surface area contributed by atoms with Crippen molar-refractivity contribution in [2.24, 2.45) is 0 Å². The first kappa shape index (κ1) is 13.9.